The van der Waals surface area contributed by atoms with E-state index in [2.05, 4.69) is 10.2 Å². The molecule has 1 saturated carbocycles. The van der Waals surface area contributed by atoms with Crippen molar-refractivity contribution < 1.29 is 4.79 Å². The van der Waals surface area contributed by atoms with E-state index in [-0.39, 0.29) is 5.78 Å². The van der Waals surface area contributed by atoms with Crippen molar-refractivity contribution in [2.24, 2.45) is 5.92 Å². The van der Waals surface area contributed by atoms with Gasteiger partial charge in [-0.15, -0.1) is 0 Å². The molecule has 19 heavy (non-hydrogen) atoms. The number of Topliss-reactive ketones (excluding diaryl/α,β-unsaturated/α-hetero) is 1. The Balaban J connectivity index is 1.76. The van der Waals surface area contributed by atoms with Crippen LogP contribution in [-0.2, 0) is 0 Å². The molecule has 3 nitrogen and oxygen atoms in total. The minimum atomic E-state index is 0.198. The molecule has 1 aliphatic carbocycles. The second-order valence-electron chi connectivity index (χ2n) is 5.60. The van der Waals surface area contributed by atoms with E-state index in [1.54, 1.807) is 0 Å². The molecule has 0 saturated heterocycles. The first-order chi connectivity index (χ1) is 9.34. The number of aromatic amines is 1. The number of carbonyl (C=O) groups is 1. The second kappa shape index (κ2) is 5.55. The Kier molecular flexibility index (Phi) is 3.62. The number of H-pyrrole nitrogens is 1. The molecule has 1 aromatic heterocycles. The SMILES string of the molecule is O=C(CC1CCCCCC1)c1n[nH]c2ccccc12. The lowest BCUT2D eigenvalue weighted by Crippen LogP contribution is -2.09. The number of nitrogens with one attached hydrogen (secondary N) is 1. The summed E-state index contributed by atoms with van der Waals surface area (Å²) in [5, 5.41) is 8.12. The highest BCUT2D eigenvalue weighted by Gasteiger charge is 2.20. The lowest BCUT2D eigenvalue weighted by atomic mass is 9.93. The largest absolute Gasteiger partial charge is 0.292 e. The molecule has 1 N–H and O–H groups in total. The summed E-state index contributed by atoms with van der Waals surface area (Å²) in [6.07, 6.45) is 8.28. The highest BCUT2D eigenvalue weighted by Crippen LogP contribution is 2.27. The van der Waals surface area contributed by atoms with E-state index in [1.165, 1.54) is 38.5 Å². The van der Waals surface area contributed by atoms with E-state index in [0.29, 0.717) is 18.0 Å². The van der Waals surface area contributed by atoms with Gasteiger partial charge in [0.1, 0.15) is 5.69 Å². The molecule has 0 bridgehead atoms. The van der Waals surface area contributed by atoms with E-state index >= 15 is 0 Å². The number of fused-ring (bicyclic) bond motifs is 1. The monoisotopic (exact) mass is 256 g/mol. The van der Waals surface area contributed by atoms with Crippen molar-refractivity contribution in [3.05, 3.63) is 30.0 Å². The van der Waals surface area contributed by atoms with Crippen LogP contribution in [0.1, 0.15) is 55.4 Å². The predicted molar refractivity (Wildman–Crippen MR) is 76.2 cm³/mol. The fraction of sp³-hybridized carbons (Fsp3) is 0.500. The van der Waals surface area contributed by atoms with Crippen LogP contribution in [0, 0.1) is 5.92 Å². The normalized spacial score (nSPS) is 17.5. The lowest BCUT2D eigenvalue weighted by molar-refractivity contribution is 0.0953. The summed E-state index contributed by atoms with van der Waals surface area (Å²) in [6, 6.07) is 7.85. The Bertz CT molecular complexity index is 565. The van der Waals surface area contributed by atoms with Crippen LogP contribution in [0.2, 0.25) is 0 Å². The van der Waals surface area contributed by atoms with Crippen LogP contribution < -0.4 is 0 Å². The third-order valence-electron chi connectivity index (χ3n) is 4.18. The minimum Gasteiger partial charge on any atom is -0.292 e. The fourth-order valence-corrected chi connectivity index (χ4v) is 3.10. The van der Waals surface area contributed by atoms with E-state index in [9.17, 15) is 4.79 Å². The summed E-state index contributed by atoms with van der Waals surface area (Å²) < 4.78 is 0. The number of rotatable bonds is 3. The van der Waals surface area contributed by atoms with Crippen molar-refractivity contribution in [1.82, 2.24) is 10.2 Å². The second-order valence-corrected chi connectivity index (χ2v) is 5.60. The number of carbonyl (C=O) groups excluding carboxylic acids is 1. The van der Waals surface area contributed by atoms with Crippen LogP contribution in [0.5, 0.6) is 0 Å². The first-order valence-corrected chi connectivity index (χ1v) is 7.31. The highest BCUT2D eigenvalue weighted by atomic mass is 16.1. The first kappa shape index (κ1) is 12.4. The van der Waals surface area contributed by atoms with Gasteiger partial charge in [-0.05, 0) is 12.0 Å². The van der Waals surface area contributed by atoms with Gasteiger partial charge < -0.3 is 0 Å². The van der Waals surface area contributed by atoms with Gasteiger partial charge in [0.15, 0.2) is 5.78 Å². The van der Waals surface area contributed by atoms with Gasteiger partial charge in [-0.1, -0.05) is 56.7 Å². The van der Waals surface area contributed by atoms with Crippen molar-refractivity contribution in [2.75, 3.05) is 0 Å². The van der Waals surface area contributed by atoms with Gasteiger partial charge in [-0.25, -0.2) is 0 Å². The van der Waals surface area contributed by atoms with Crippen molar-refractivity contribution in [3.63, 3.8) is 0 Å². The zero-order chi connectivity index (χ0) is 13.1. The Morgan fingerprint density at radius 2 is 1.89 bits per heavy atom. The molecule has 0 unspecified atom stereocenters. The Labute approximate surface area is 113 Å². The molecule has 1 aliphatic rings. The summed E-state index contributed by atoms with van der Waals surface area (Å²) in [5.41, 5.74) is 1.58. The van der Waals surface area contributed by atoms with Crippen molar-refractivity contribution in [2.45, 2.75) is 44.9 Å². The molecule has 1 heterocycles. The van der Waals surface area contributed by atoms with Crippen molar-refractivity contribution >= 4 is 16.7 Å². The molecule has 3 rings (SSSR count). The summed E-state index contributed by atoms with van der Waals surface area (Å²) in [7, 11) is 0. The van der Waals surface area contributed by atoms with Crippen molar-refractivity contribution in [3.8, 4) is 0 Å². The molecule has 1 aromatic carbocycles. The molecule has 3 heteroatoms. The van der Waals surface area contributed by atoms with E-state index in [0.717, 1.165) is 10.9 Å². The Hall–Kier alpha value is -1.64. The standard InChI is InChI=1S/C16H20N2O/c19-15(11-12-7-3-1-2-4-8-12)16-13-9-5-6-10-14(13)17-18-16/h5-6,9-10,12H,1-4,7-8,11H2,(H,17,18). The molecule has 0 spiro atoms. The number of hydrogen-bond acceptors (Lipinski definition) is 2. The summed E-state index contributed by atoms with van der Waals surface area (Å²) in [5.74, 6) is 0.759. The maximum absolute atomic E-state index is 12.4. The van der Waals surface area contributed by atoms with Crippen LogP contribution >= 0.6 is 0 Å². The summed E-state index contributed by atoms with van der Waals surface area (Å²) >= 11 is 0. The Morgan fingerprint density at radius 3 is 2.68 bits per heavy atom. The van der Waals surface area contributed by atoms with E-state index in [1.807, 2.05) is 24.3 Å². The fourth-order valence-electron chi connectivity index (χ4n) is 3.10. The van der Waals surface area contributed by atoms with Crippen molar-refractivity contribution in [1.29, 1.82) is 0 Å². The molecule has 0 amide bonds. The molecule has 2 aromatic rings. The molecule has 0 aliphatic heterocycles. The number of aromatic nitrogens is 2. The first-order valence-electron chi connectivity index (χ1n) is 7.31. The lowest BCUT2D eigenvalue weighted by Gasteiger charge is -2.11. The molecule has 0 atom stereocenters. The molecule has 100 valence electrons. The van der Waals surface area contributed by atoms with Gasteiger partial charge in [-0.3, -0.25) is 9.89 Å². The highest BCUT2D eigenvalue weighted by molar-refractivity contribution is 6.05. The van der Waals surface area contributed by atoms with Crippen LogP contribution in [-0.4, -0.2) is 16.0 Å². The smallest absolute Gasteiger partial charge is 0.183 e. The number of nitrogens with zero attached hydrogens (tertiary/aromatic N) is 1. The van der Waals surface area contributed by atoms with Gasteiger partial charge in [0.25, 0.3) is 0 Å². The number of ketones is 1. The van der Waals surface area contributed by atoms with Gasteiger partial charge in [0, 0.05) is 11.8 Å². The molecule has 0 radical (unpaired) electrons. The van der Waals surface area contributed by atoms with Crippen LogP contribution in [0.25, 0.3) is 10.9 Å². The molecule has 1 fully saturated rings. The third kappa shape index (κ3) is 2.70. The van der Waals surface area contributed by atoms with Crippen LogP contribution in [0.15, 0.2) is 24.3 Å². The van der Waals surface area contributed by atoms with Gasteiger partial charge >= 0.3 is 0 Å². The molecular weight excluding hydrogens is 236 g/mol. The maximum Gasteiger partial charge on any atom is 0.183 e. The molecular formula is C16H20N2O. The zero-order valence-corrected chi connectivity index (χ0v) is 11.2. The number of para-hydroxylation sites is 1. The summed E-state index contributed by atoms with van der Waals surface area (Å²) in [6.45, 7) is 0. The quantitative estimate of drug-likeness (QED) is 0.663. The third-order valence-corrected chi connectivity index (χ3v) is 4.18. The van der Waals surface area contributed by atoms with Crippen LogP contribution in [0.3, 0.4) is 0 Å². The number of benzene rings is 1. The van der Waals surface area contributed by atoms with Crippen LogP contribution in [0.4, 0.5) is 0 Å². The van der Waals surface area contributed by atoms with E-state index < -0.39 is 0 Å². The van der Waals surface area contributed by atoms with E-state index in [4.69, 9.17) is 0 Å². The average molecular weight is 256 g/mol. The van der Waals surface area contributed by atoms with Gasteiger partial charge in [0.05, 0.1) is 5.52 Å². The minimum absolute atomic E-state index is 0.198. The van der Waals surface area contributed by atoms with Gasteiger partial charge in [0.2, 0.25) is 0 Å². The summed E-state index contributed by atoms with van der Waals surface area (Å²) in [4.78, 5) is 12.4. The topological polar surface area (TPSA) is 45.8 Å². The predicted octanol–water partition coefficient (Wildman–Crippen LogP) is 4.11. The average Bonchev–Trinajstić information content (AvgIpc) is 2.70. The zero-order valence-electron chi connectivity index (χ0n) is 11.2. The number of hydrogen-bond donors (Lipinski definition) is 1. The van der Waals surface area contributed by atoms with Gasteiger partial charge in [-0.2, -0.15) is 5.10 Å². The maximum atomic E-state index is 12.4. The Morgan fingerprint density at radius 1 is 1.16 bits per heavy atom.